The molecule has 1 unspecified atom stereocenters. The molecule has 1 fully saturated rings. The number of hydrogen-bond donors (Lipinski definition) is 2. The molecule has 1 aliphatic heterocycles. The second kappa shape index (κ2) is 13.4. The van der Waals surface area contributed by atoms with E-state index in [-0.39, 0.29) is 24.0 Å². The Balaban J connectivity index is 0.00000300. The molecule has 1 heterocycles. The maximum absolute atomic E-state index is 5.74. The van der Waals surface area contributed by atoms with Crippen molar-refractivity contribution in [3.05, 3.63) is 66.2 Å². The van der Waals surface area contributed by atoms with Crippen molar-refractivity contribution in [3.63, 3.8) is 0 Å². The zero-order valence-electron chi connectivity index (χ0n) is 17.2. The van der Waals surface area contributed by atoms with E-state index in [9.17, 15) is 0 Å². The summed E-state index contributed by atoms with van der Waals surface area (Å²) in [7, 11) is 1.83. The second-order valence-electron chi connectivity index (χ2n) is 7.11. The predicted octanol–water partition coefficient (Wildman–Crippen LogP) is 3.70. The van der Waals surface area contributed by atoms with Gasteiger partial charge in [0.05, 0.1) is 6.61 Å². The van der Waals surface area contributed by atoms with E-state index < -0.39 is 0 Å². The molecular weight excluding hydrogens is 475 g/mol. The third-order valence-corrected chi connectivity index (χ3v) is 5.01. The molecule has 5 nitrogen and oxygen atoms in total. The Bertz CT molecular complexity index is 711. The SMILES string of the molecule is CN=C(NCCCOCCc1ccccc1)NC1CCN(c2ccccc2)C1.I. The number of benzene rings is 2. The summed E-state index contributed by atoms with van der Waals surface area (Å²) in [5.74, 6) is 0.879. The van der Waals surface area contributed by atoms with Crippen LogP contribution >= 0.6 is 24.0 Å². The van der Waals surface area contributed by atoms with E-state index in [0.29, 0.717) is 6.04 Å². The molecule has 2 aromatic carbocycles. The smallest absolute Gasteiger partial charge is 0.191 e. The third-order valence-electron chi connectivity index (χ3n) is 5.01. The average Bonchev–Trinajstić information content (AvgIpc) is 3.22. The first-order chi connectivity index (χ1) is 13.8. The van der Waals surface area contributed by atoms with Gasteiger partial charge in [0.15, 0.2) is 5.96 Å². The number of anilines is 1. The molecule has 2 aromatic rings. The van der Waals surface area contributed by atoms with Gasteiger partial charge in [-0.2, -0.15) is 0 Å². The van der Waals surface area contributed by atoms with Crippen LogP contribution in [-0.4, -0.2) is 51.9 Å². The first kappa shape index (κ1) is 23.5. The molecule has 0 spiro atoms. The Kier molecular flexibility index (Phi) is 10.9. The number of para-hydroxylation sites is 1. The Morgan fingerprint density at radius 1 is 1.07 bits per heavy atom. The Morgan fingerprint density at radius 2 is 1.79 bits per heavy atom. The van der Waals surface area contributed by atoms with Gasteiger partial charge >= 0.3 is 0 Å². The van der Waals surface area contributed by atoms with Gasteiger partial charge in [0.1, 0.15) is 0 Å². The lowest BCUT2D eigenvalue weighted by atomic mass is 10.2. The highest BCUT2D eigenvalue weighted by molar-refractivity contribution is 14.0. The molecule has 6 heteroatoms. The molecule has 2 N–H and O–H groups in total. The van der Waals surface area contributed by atoms with Gasteiger partial charge in [-0.25, -0.2) is 0 Å². The highest BCUT2D eigenvalue weighted by Gasteiger charge is 2.23. The van der Waals surface area contributed by atoms with E-state index in [1.165, 1.54) is 11.3 Å². The molecule has 158 valence electrons. The van der Waals surface area contributed by atoms with Gasteiger partial charge in [-0.3, -0.25) is 4.99 Å². The molecule has 0 bridgehead atoms. The van der Waals surface area contributed by atoms with Crippen LogP contribution in [0.4, 0.5) is 5.69 Å². The summed E-state index contributed by atoms with van der Waals surface area (Å²) in [6, 6.07) is 21.5. The van der Waals surface area contributed by atoms with Crippen LogP contribution in [0.15, 0.2) is 65.7 Å². The first-order valence-corrected chi connectivity index (χ1v) is 10.2. The molecule has 1 aliphatic rings. The molecule has 0 amide bonds. The quantitative estimate of drug-likeness (QED) is 0.235. The Morgan fingerprint density at radius 3 is 2.52 bits per heavy atom. The fraction of sp³-hybridized carbons (Fsp3) is 0.435. The van der Waals surface area contributed by atoms with Crippen LogP contribution in [0.3, 0.4) is 0 Å². The zero-order valence-corrected chi connectivity index (χ0v) is 19.5. The van der Waals surface area contributed by atoms with Crippen molar-refractivity contribution in [1.29, 1.82) is 0 Å². The zero-order chi connectivity index (χ0) is 19.4. The van der Waals surface area contributed by atoms with Crippen molar-refractivity contribution in [3.8, 4) is 0 Å². The third kappa shape index (κ3) is 8.22. The van der Waals surface area contributed by atoms with Crippen LogP contribution in [0.2, 0.25) is 0 Å². The van der Waals surface area contributed by atoms with Crippen molar-refractivity contribution >= 4 is 35.6 Å². The van der Waals surface area contributed by atoms with Crippen LogP contribution in [0.1, 0.15) is 18.4 Å². The van der Waals surface area contributed by atoms with E-state index in [1.807, 2.05) is 13.1 Å². The summed E-state index contributed by atoms with van der Waals surface area (Å²) < 4.78 is 5.74. The van der Waals surface area contributed by atoms with Crippen LogP contribution in [-0.2, 0) is 11.2 Å². The molecule has 1 saturated heterocycles. The molecule has 0 aromatic heterocycles. The number of hydrogen-bond acceptors (Lipinski definition) is 3. The maximum atomic E-state index is 5.74. The lowest BCUT2D eigenvalue weighted by Crippen LogP contribution is -2.45. The summed E-state index contributed by atoms with van der Waals surface area (Å²) in [4.78, 5) is 6.78. The van der Waals surface area contributed by atoms with Gasteiger partial charge in [-0.1, -0.05) is 48.5 Å². The van der Waals surface area contributed by atoms with Gasteiger partial charge in [0, 0.05) is 45.0 Å². The number of aliphatic imine (C=N–C) groups is 1. The standard InChI is InChI=1S/C23H32N4O.HI/c1-24-23(25-15-8-17-28-18-14-20-9-4-2-5-10-20)26-21-13-16-27(19-21)22-11-6-3-7-12-22;/h2-7,9-12,21H,8,13-19H2,1H3,(H2,24,25,26);1H. The maximum Gasteiger partial charge on any atom is 0.191 e. The number of nitrogens with zero attached hydrogens (tertiary/aromatic N) is 2. The molecule has 0 saturated carbocycles. The van der Waals surface area contributed by atoms with Gasteiger partial charge in [0.2, 0.25) is 0 Å². The van der Waals surface area contributed by atoms with Crippen molar-refractivity contribution in [1.82, 2.24) is 10.6 Å². The van der Waals surface area contributed by atoms with E-state index in [0.717, 1.165) is 58.1 Å². The highest BCUT2D eigenvalue weighted by Crippen LogP contribution is 2.19. The first-order valence-electron chi connectivity index (χ1n) is 10.2. The summed E-state index contributed by atoms with van der Waals surface area (Å²) in [6.07, 6.45) is 3.06. The van der Waals surface area contributed by atoms with E-state index in [1.54, 1.807) is 0 Å². The molecule has 3 rings (SSSR count). The van der Waals surface area contributed by atoms with Crippen LogP contribution in [0.25, 0.3) is 0 Å². The normalized spacial score (nSPS) is 16.4. The van der Waals surface area contributed by atoms with Crippen molar-refractivity contribution < 1.29 is 4.74 Å². The van der Waals surface area contributed by atoms with Gasteiger partial charge in [0.25, 0.3) is 0 Å². The monoisotopic (exact) mass is 508 g/mol. The predicted molar refractivity (Wildman–Crippen MR) is 133 cm³/mol. The van der Waals surface area contributed by atoms with E-state index in [4.69, 9.17) is 4.74 Å². The van der Waals surface area contributed by atoms with Gasteiger partial charge in [-0.05, 0) is 37.0 Å². The fourth-order valence-corrected chi connectivity index (χ4v) is 3.46. The summed E-state index contributed by atoms with van der Waals surface area (Å²) in [5, 5.41) is 6.95. The number of nitrogens with one attached hydrogen (secondary N) is 2. The van der Waals surface area contributed by atoms with Crippen LogP contribution in [0, 0.1) is 0 Å². The molecule has 29 heavy (non-hydrogen) atoms. The minimum absolute atomic E-state index is 0. The largest absolute Gasteiger partial charge is 0.381 e. The molecule has 1 atom stereocenters. The Labute approximate surface area is 192 Å². The fourth-order valence-electron chi connectivity index (χ4n) is 3.46. The minimum Gasteiger partial charge on any atom is -0.381 e. The summed E-state index contributed by atoms with van der Waals surface area (Å²) in [6.45, 7) is 4.48. The van der Waals surface area contributed by atoms with E-state index >= 15 is 0 Å². The van der Waals surface area contributed by atoms with Crippen molar-refractivity contribution in [2.45, 2.75) is 25.3 Å². The lowest BCUT2D eigenvalue weighted by molar-refractivity contribution is 0.135. The van der Waals surface area contributed by atoms with Gasteiger partial charge < -0.3 is 20.3 Å². The summed E-state index contributed by atoms with van der Waals surface area (Å²) in [5.41, 5.74) is 2.62. The van der Waals surface area contributed by atoms with Crippen molar-refractivity contribution in [2.75, 3.05) is 44.8 Å². The average molecular weight is 508 g/mol. The molecule has 0 aliphatic carbocycles. The highest BCUT2D eigenvalue weighted by atomic mass is 127. The number of halogens is 1. The molecule has 0 radical (unpaired) electrons. The number of rotatable bonds is 9. The topological polar surface area (TPSA) is 48.9 Å². The number of ether oxygens (including phenoxy) is 1. The van der Waals surface area contributed by atoms with Crippen molar-refractivity contribution in [2.24, 2.45) is 4.99 Å². The summed E-state index contributed by atoms with van der Waals surface area (Å²) >= 11 is 0. The van der Waals surface area contributed by atoms with Gasteiger partial charge in [-0.15, -0.1) is 24.0 Å². The Hall–Kier alpha value is -1.80. The minimum atomic E-state index is 0. The van der Waals surface area contributed by atoms with Crippen LogP contribution in [0.5, 0.6) is 0 Å². The molecular formula is C23H33IN4O. The number of guanidine groups is 1. The van der Waals surface area contributed by atoms with Crippen LogP contribution < -0.4 is 15.5 Å². The van der Waals surface area contributed by atoms with E-state index in [2.05, 4.69) is 75.1 Å². The second-order valence-corrected chi connectivity index (χ2v) is 7.11. The lowest BCUT2D eigenvalue weighted by Gasteiger charge is -2.20.